The summed E-state index contributed by atoms with van der Waals surface area (Å²) in [6.07, 6.45) is 8.47. The second-order valence-corrected chi connectivity index (χ2v) is 15.1. The summed E-state index contributed by atoms with van der Waals surface area (Å²) in [6, 6.07) is 16.7. The van der Waals surface area contributed by atoms with Crippen LogP contribution in [-0.2, 0) is 0 Å². The van der Waals surface area contributed by atoms with Crippen LogP contribution in [0.4, 0.5) is 0 Å². The van der Waals surface area contributed by atoms with Crippen molar-refractivity contribution in [3.8, 4) is 12.3 Å². The largest absolute Gasteiger partial charge is 0.373 e. The lowest BCUT2D eigenvalue weighted by Crippen LogP contribution is -2.51. The molecule has 0 radical (unpaired) electrons. The Labute approximate surface area is 182 Å². The van der Waals surface area contributed by atoms with Crippen molar-refractivity contribution in [3.63, 3.8) is 0 Å². The summed E-state index contributed by atoms with van der Waals surface area (Å²) >= 11 is 6.12. The maximum Gasteiger partial charge on any atom is 0.169 e. The standard InChI is InChI=1S/C26H32ClNSi/c1-8-23(21-13-15-22(27)16-14-21)25-17-28(26-12-10-9-11-24(25)26)29(18(2)3,19(4)5)20(6)7/h1,9-20,23H,2-7H3/t23-/m1/s1. The van der Waals surface area contributed by atoms with Gasteiger partial charge in [-0.2, -0.15) is 0 Å². The number of nitrogens with zero attached hydrogens (tertiary/aromatic N) is 1. The third kappa shape index (κ3) is 3.56. The highest BCUT2D eigenvalue weighted by atomic mass is 35.5. The number of aromatic nitrogens is 1. The van der Waals surface area contributed by atoms with Crippen LogP contribution in [0.1, 0.15) is 58.6 Å². The molecule has 152 valence electrons. The molecule has 0 spiro atoms. The quantitative estimate of drug-likeness (QED) is 0.280. The molecule has 0 aliphatic heterocycles. The first kappa shape index (κ1) is 21.7. The molecule has 1 aromatic heterocycles. The van der Waals surface area contributed by atoms with Gasteiger partial charge < -0.3 is 4.23 Å². The van der Waals surface area contributed by atoms with Gasteiger partial charge in [0, 0.05) is 22.1 Å². The predicted octanol–water partition coefficient (Wildman–Crippen LogP) is 8.08. The first-order chi connectivity index (χ1) is 13.7. The Morgan fingerprint density at radius 1 is 0.862 bits per heavy atom. The second kappa shape index (κ2) is 8.42. The van der Waals surface area contributed by atoms with Crippen LogP contribution in [0.15, 0.2) is 54.7 Å². The zero-order valence-corrected chi connectivity index (χ0v) is 20.2. The van der Waals surface area contributed by atoms with Gasteiger partial charge in [-0.3, -0.25) is 0 Å². The fraction of sp³-hybridized carbons (Fsp3) is 0.385. The van der Waals surface area contributed by atoms with Crippen LogP contribution in [0, 0.1) is 12.3 Å². The minimum absolute atomic E-state index is 0.0865. The molecule has 1 nitrogen and oxygen atoms in total. The average Bonchev–Trinajstić information content (AvgIpc) is 3.03. The van der Waals surface area contributed by atoms with Crippen molar-refractivity contribution in [2.75, 3.05) is 0 Å². The molecule has 0 saturated heterocycles. The molecule has 29 heavy (non-hydrogen) atoms. The number of hydrogen-bond donors (Lipinski definition) is 0. The number of benzene rings is 2. The molecule has 1 atom stereocenters. The predicted molar refractivity (Wildman–Crippen MR) is 131 cm³/mol. The lowest BCUT2D eigenvalue weighted by Gasteiger charge is -2.44. The summed E-state index contributed by atoms with van der Waals surface area (Å²) in [5, 5.41) is 2.00. The zero-order chi connectivity index (χ0) is 21.3. The van der Waals surface area contributed by atoms with E-state index in [9.17, 15) is 0 Å². The van der Waals surface area contributed by atoms with Crippen molar-refractivity contribution >= 4 is 30.7 Å². The number of para-hydroxylation sites is 1. The van der Waals surface area contributed by atoms with Crippen LogP contribution in [0.5, 0.6) is 0 Å². The van der Waals surface area contributed by atoms with Gasteiger partial charge >= 0.3 is 0 Å². The summed E-state index contributed by atoms with van der Waals surface area (Å²) < 4.78 is 2.66. The number of terminal acetylenes is 1. The smallest absolute Gasteiger partial charge is 0.169 e. The van der Waals surface area contributed by atoms with Crippen molar-refractivity contribution in [1.29, 1.82) is 0 Å². The van der Waals surface area contributed by atoms with E-state index in [0.717, 1.165) is 10.6 Å². The molecule has 0 saturated carbocycles. The Balaban J connectivity index is 2.32. The fourth-order valence-corrected chi connectivity index (χ4v) is 12.4. The maximum absolute atomic E-state index is 6.12. The van der Waals surface area contributed by atoms with E-state index in [0.29, 0.717) is 16.6 Å². The molecule has 3 rings (SSSR count). The van der Waals surface area contributed by atoms with E-state index >= 15 is 0 Å². The molecule has 0 fully saturated rings. The number of halogens is 1. The highest BCUT2D eigenvalue weighted by molar-refractivity contribution is 6.82. The number of rotatable bonds is 6. The van der Waals surface area contributed by atoms with E-state index in [4.69, 9.17) is 18.0 Å². The van der Waals surface area contributed by atoms with Gasteiger partial charge in [0.15, 0.2) is 8.24 Å². The van der Waals surface area contributed by atoms with E-state index in [1.54, 1.807) is 0 Å². The molecule has 3 aromatic rings. The highest BCUT2D eigenvalue weighted by Gasteiger charge is 2.46. The normalized spacial score (nSPS) is 13.4. The molecule has 1 heterocycles. The van der Waals surface area contributed by atoms with Crippen LogP contribution >= 0.6 is 11.6 Å². The topological polar surface area (TPSA) is 4.93 Å². The van der Waals surface area contributed by atoms with Crippen LogP contribution in [0.25, 0.3) is 10.9 Å². The second-order valence-electron chi connectivity index (χ2n) is 8.97. The number of fused-ring (bicyclic) bond motifs is 1. The maximum atomic E-state index is 6.12. The SMILES string of the molecule is C#C[C@H](c1ccc(Cl)cc1)c1cn([Si](C(C)C)(C(C)C)C(C)C)c2ccccc12. The van der Waals surface area contributed by atoms with Gasteiger partial charge in [0.05, 0.1) is 5.92 Å². The van der Waals surface area contributed by atoms with E-state index in [1.807, 2.05) is 12.1 Å². The number of hydrogen-bond acceptors (Lipinski definition) is 0. The van der Waals surface area contributed by atoms with Gasteiger partial charge in [-0.25, -0.2) is 0 Å². The van der Waals surface area contributed by atoms with E-state index < -0.39 is 8.24 Å². The van der Waals surface area contributed by atoms with Crippen LogP contribution < -0.4 is 0 Å². The zero-order valence-electron chi connectivity index (χ0n) is 18.4. The van der Waals surface area contributed by atoms with Gasteiger partial charge in [0.2, 0.25) is 0 Å². The average molecular weight is 422 g/mol. The van der Waals surface area contributed by atoms with Gasteiger partial charge in [-0.15, -0.1) is 6.42 Å². The van der Waals surface area contributed by atoms with Crippen molar-refractivity contribution in [1.82, 2.24) is 4.23 Å². The Morgan fingerprint density at radius 3 is 1.93 bits per heavy atom. The third-order valence-corrected chi connectivity index (χ3v) is 13.6. The monoisotopic (exact) mass is 421 g/mol. The molecule has 3 heteroatoms. The van der Waals surface area contributed by atoms with Crippen molar-refractivity contribution in [2.45, 2.75) is 64.1 Å². The first-order valence-corrected chi connectivity index (χ1v) is 13.1. The minimum atomic E-state index is -1.89. The molecule has 0 aliphatic rings. The summed E-state index contributed by atoms with van der Waals surface area (Å²) in [7, 11) is -1.89. The fourth-order valence-electron chi connectivity index (χ4n) is 5.61. The highest BCUT2D eigenvalue weighted by Crippen LogP contribution is 2.46. The van der Waals surface area contributed by atoms with Gasteiger partial charge in [0.1, 0.15) is 0 Å². The molecule has 0 aliphatic carbocycles. The molecule has 0 N–H and O–H groups in total. The summed E-state index contributed by atoms with van der Waals surface area (Å²) in [5.74, 6) is 2.97. The Kier molecular flexibility index (Phi) is 6.32. The summed E-state index contributed by atoms with van der Waals surface area (Å²) in [5.41, 5.74) is 5.51. The van der Waals surface area contributed by atoms with E-state index in [-0.39, 0.29) is 5.92 Å². The van der Waals surface area contributed by atoms with Crippen molar-refractivity contribution in [2.24, 2.45) is 0 Å². The molecular formula is C26H32ClNSi. The molecule has 0 unspecified atom stereocenters. The Hall–Kier alpha value is -1.95. The molecule has 2 aromatic carbocycles. The van der Waals surface area contributed by atoms with Crippen LogP contribution in [0.2, 0.25) is 21.6 Å². The van der Waals surface area contributed by atoms with Gasteiger partial charge in [-0.1, -0.05) is 89.4 Å². The molecular weight excluding hydrogens is 390 g/mol. The van der Waals surface area contributed by atoms with Gasteiger partial charge in [0.25, 0.3) is 0 Å². The minimum Gasteiger partial charge on any atom is -0.373 e. The van der Waals surface area contributed by atoms with Gasteiger partial charge in [-0.05, 0) is 45.9 Å². The third-order valence-electron chi connectivity index (χ3n) is 6.62. The van der Waals surface area contributed by atoms with E-state index in [2.05, 4.69) is 94.3 Å². The van der Waals surface area contributed by atoms with Crippen molar-refractivity contribution in [3.05, 3.63) is 70.9 Å². The lowest BCUT2D eigenvalue weighted by molar-refractivity contribution is 0.771. The van der Waals surface area contributed by atoms with E-state index in [1.165, 1.54) is 16.5 Å². The summed E-state index contributed by atoms with van der Waals surface area (Å²) in [6.45, 7) is 14.4. The molecule has 0 bridgehead atoms. The Bertz CT molecular complexity index is 999. The summed E-state index contributed by atoms with van der Waals surface area (Å²) in [4.78, 5) is 0. The molecule has 0 amide bonds. The lowest BCUT2D eigenvalue weighted by atomic mass is 9.92. The van der Waals surface area contributed by atoms with Crippen molar-refractivity contribution < 1.29 is 0 Å². The Morgan fingerprint density at radius 2 is 1.41 bits per heavy atom. The first-order valence-electron chi connectivity index (χ1n) is 10.6. The van der Waals surface area contributed by atoms with Crippen LogP contribution in [0.3, 0.4) is 0 Å². The van der Waals surface area contributed by atoms with Crippen LogP contribution in [-0.4, -0.2) is 12.5 Å².